The summed E-state index contributed by atoms with van der Waals surface area (Å²) in [5.41, 5.74) is 0.898. The molecule has 1 aromatic heterocycles. The number of aryl methyl sites for hydroxylation is 1. The summed E-state index contributed by atoms with van der Waals surface area (Å²) < 4.78 is 1.66. The third-order valence-corrected chi connectivity index (χ3v) is 2.95. The van der Waals surface area contributed by atoms with Gasteiger partial charge in [-0.1, -0.05) is 6.92 Å². The number of aliphatic carboxylic acids is 1. The van der Waals surface area contributed by atoms with Crippen LogP contribution < -0.4 is 0 Å². The van der Waals surface area contributed by atoms with Crippen molar-refractivity contribution in [2.24, 2.45) is 7.05 Å². The zero-order valence-electron chi connectivity index (χ0n) is 11.7. The highest BCUT2D eigenvalue weighted by Crippen LogP contribution is 2.08. The van der Waals surface area contributed by atoms with E-state index in [1.807, 2.05) is 6.20 Å². The van der Waals surface area contributed by atoms with E-state index in [1.54, 1.807) is 31.9 Å². The molecule has 7 heteroatoms. The summed E-state index contributed by atoms with van der Waals surface area (Å²) in [6.07, 6.45) is 3.87. The topological polar surface area (TPSA) is 78.7 Å². The van der Waals surface area contributed by atoms with Gasteiger partial charge in [-0.25, -0.2) is 9.59 Å². The van der Waals surface area contributed by atoms with Gasteiger partial charge in [0.2, 0.25) is 0 Å². The molecule has 1 atom stereocenters. The predicted octanol–water partition coefficient (Wildman–Crippen LogP) is 0.767. The lowest BCUT2D eigenvalue weighted by Gasteiger charge is -2.28. The Kier molecular flexibility index (Phi) is 4.91. The van der Waals surface area contributed by atoms with Crippen molar-refractivity contribution in [3.63, 3.8) is 0 Å². The fourth-order valence-corrected chi connectivity index (χ4v) is 1.91. The molecule has 0 radical (unpaired) electrons. The lowest BCUT2D eigenvalue weighted by Crippen LogP contribution is -2.47. The number of hydrogen-bond donors (Lipinski definition) is 1. The Morgan fingerprint density at radius 3 is 2.53 bits per heavy atom. The van der Waals surface area contributed by atoms with Crippen LogP contribution in [0.5, 0.6) is 0 Å². The van der Waals surface area contributed by atoms with Crippen LogP contribution in [0.15, 0.2) is 12.4 Å². The summed E-state index contributed by atoms with van der Waals surface area (Å²) in [7, 11) is 4.94. The van der Waals surface area contributed by atoms with Crippen molar-refractivity contribution in [2.75, 3.05) is 14.1 Å². The minimum atomic E-state index is -0.992. The Hall–Kier alpha value is -2.05. The lowest BCUT2D eigenvalue weighted by atomic mass is 10.2. The number of amides is 2. The number of nitrogens with zero attached hydrogens (tertiary/aromatic N) is 4. The van der Waals surface area contributed by atoms with Gasteiger partial charge in [0.25, 0.3) is 0 Å². The standard InChI is InChI=1S/C12H20N4O3/c1-5-10(11(17)18)16(4)12(19)14(2)7-9-6-13-15(3)8-9/h6,8,10H,5,7H2,1-4H3,(H,17,18). The number of carbonyl (C=O) groups is 2. The molecule has 0 aliphatic heterocycles. The first-order valence-electron chi connectivity index (χ1n) is 6.05. The van der Waals surface area contributed by atoms with E-state index in [4.69, 9.17) is 5.11 Å². The molecule has 0 bridgehead atoms. The summed E-state index contributed by atoms with van der Waals surface area (Å²) in [5, 5.41) is 13.1. The molecule has 1 N–H and O–H groups in total. The number of likely N-dealkylation sites (N-methyl/N-ethyl adjacent to an activating group) is 1. The Balaban J connectivity index is 2.68. The molecule has 106 valence electrons. The molecule has 0 aliphatic rings. The summed E-state index contributed by atoms with van der Waals surface area (Å²) >= 11 is 0. The largest absolute Gasteiger partial charge is 0.480 e. The molecule has 19 heavy (non-hydrogen) atoms. The number of aromatic nitrogens is 2. The Labute approximate surface area is 112 Å². The number of carboxylic acid groups (broad SMARTS) is 1. The minimum Gasteiger partial charge on any atom is -0.480 e. The van der Waals surface area contributed by atoms with Gasteiger partial charge in [-0.15, -0.1) is 0 Å². The molecule has 0 saturated carbocycles. The smallest absolute Gasteiger partial charge is 0.326 e. The van der Waals surface area contributed by atoms with Crippen molar-refractivity contribution < 1.29 is 14.7 Å². The van der Waals surface area contributed by atoms with Gasteiger partial charge in [-0.2, -0.15) is 5.10 Å². The Morgan fingerprint density at radius 1 is 1.47 bits per heavy atom. The third-order valence-electron chi connectivity index (χ3n) is 2.95. The van der Waals surface area contributed by atoms with Gasteiger partial charge in [0.05, 0.1) is 12.7 Å². The molecule has 2 amide bonds. The number of rotatable bonds is 5. The Morgan fingerprint density at radius 2 is 2.11 bits per heavy atom. The maximum atomic E-state index is 12.1. The first-order chi connectivity index (χ1) is 8.86. The lowest BCUT2D eigenvalue weighted by molar-refractivity contribution is -0.142. The molecule has 0 saturated heterocycles. The molecule has 0 fully saturated rings. The maximum Gasteiger partial charge on any atom is 0.326 e. The summed E-state index contributed by atoms with van der Waals surface area (Å²) in [4.78, 5) is 25.9. The van der Waals surface area contributed by atoms with E-state index >= 15 is 0 Å². The third kappa shape index (κ3) is 3.70. The number of hydrogen-bond acceptors (Lipinski definition) is 3. The van der Waals surface area contributed by atoms with Crippen LogP contribution in [0.4, 0.5) is 4.79 Å². The molecule has 1 unspecified atom stereocenters. The van der Waals surface area contributed by atoms with Gasteiger partial charge in [0.1, 0.15) is 6.04 Å². The summed E-state index contributed by atoms with van der Waals surface area (Å²) in [6, 6.07) is -1.12. The quantitative estimate of drug-likeness (QED) is 0.855. The summed E-state index contributed by atoms with van der Waals surface area (Å²) in [5.74, 6) is -0.992. The highest BCUT2D eigenvalue weighted by Gasteiger charge is 2.26. The van der Waals surface area contributed by atoms with Crippen molar-refractivity contribution in [3.8, 4) is 0 Å². The van der Waals surface area contributed by atoms with Gasteiger partial charge in [-0.05, 0) is 6.42 Å². The predicted molar refractivity (Wildman–Crippen MR) is 69.5 cm³/mol. The maximum absolute atomic E-state index is 12.1. The molecule has 7 nitrogen and oxygen atoms in total. The first-order valence-corrected chi connectivity index (χ1v) is 6.05. The van der Waals surface area contributed by atoms with Crippen LogP contribution in [0.25, 0.3) is 0 Å². The molecule has 1 rings (SSSR count). The van der Waals surface area contributed by atoms with Crippen molar-refractivity contribution in [2.45, 2.75) is 25.9 Å². The molecule has 1 heterocycles. The van der Waals surface area contributed by atoms with Crippen LogP contribution in [0.3, 0.4) is 0 Å². The molecule has 0 spiro atoms. The molecule has 1 aromatic rings. The van der Waals surface area contributed by atoms with E-state index in [-0.39, 0.29) is 6.03 Å². The van der Waals surface area contributed by atoms with Gasteiger partial charge in [-0.3, -0.25) is 4.68 Å². The van der Waals surface area contributed by atoms with Crippen LogP contribution in [0.1, 0.15) is 18.9 Å². The fourth-order valence-electron chi connectivity index (χ4n) is 1.91. The normalized spacial score (nSPS) is 12.0. The average molecular weight is 268 g/mol. The average Bonchev–Trinajstić information content (AvgIpc) is 2.73. The van der Waals surface area contributed by atoms with Gasteiger partial charge >= 0.3 is 12.0 Å². The number of carboxylic acids is 1. The Bertz CT molecular complexity index is 458. The van der Waals surface area contributed by atoms with E-state index in [1.165, 1.54) is 16.8 Å². The molecular formula is C12H20N4O3. The fraction of sp³-hybridized carbons (Fsp3) is 0.583. The zero-order valence-corrected chi connectivity index (χ0v) is 11.7. The molecule has 0 aromatic carbocycles. The van der Waals surface area contributed by atoms with E-state index < -0.39 is 12.0 Å². The van der Waals surface area contributed by atoms with Crippen LogP contribution in [-0.4, -0.2) is 56.8 Å². The van der Waals surface area contributed by atoms with Gasteiger partial charge in [0.15, 0.2) is 0 Å². The van der Waals surface area contributed by atoms with Gasteiger partial charge in [0, 0.05) is 32.9 Å². The van der Waals surface area contributed by atoms with E-state index in [2.05, 4.69) is 5.10 Å². The second-order valence-electron chi connectivity index (χ2n) is 4.53. The van der Waals surface area contributed by atoms with E-state index in [0.717, 1.165) is 5.56 Å². The SMILES string of the molecule is CCC(C(=O)O)N(C)C(=O)N(C)Cc1cnn(C)c1. The van der Waals surface area contributed by atoms with Crippen molar-refractivity contribution in [1.82, 2.24) is 19.6 Å². The molecule has 0 aliphatic carbocycles. The highest BCUT2D eigenvalue weighted by molar-refractivity contribution is 5.82. The second kappa shape index (κ2) is 6.21. The van der Waals surface area contributed by atoms with Crippen molar-refractivity contribution in [1.29, 1.82) is 0 Å². The monoisotopic (exact) mass is 268 g/mol. The first kappa shape index (κ1) is 15.0. The van der Waals surface area contributed by atoms with Crippen molar-refractivity contribution in [3.05, 3.63) is 18.0 Å². The van der Waals surface area contributed by atoms with Crippen LogP contribution in [-0.2, 0) is 18.4 Å². The van der Waals surface area contributed by atoms with Gasteiger partial charge < -0.3 is 14.9 Å². The van der Waals surface area contributed by atoms with Crippen LogP contribution in [0.2, 0.25) is 0 Å². The second-order valence-corrected chi connectivity index (χ2v) is 4.53. The zero-order chi connectivity index (χ0) is 14.6. The van der Waals surface area contributed by atoms with E-state index in [9.17, 15) is 9.59 Å². The minimum absolute atomic E-state index is 0.321. The van der Waals surface area contributed by atoms with E-state index in [0.29, 0.717) is 13.0 Å². The highest BCUT2D eigenvalue weighted by atomic mass is 16.4. The number of urea groups is 1. The van der Waals surface area contributed by atoms with Crippen LogP contribution >= 0.6 is 0 Å². The number of carbonyl (C=O) groups excluding carboxylic acids is 1. The van der Waals surface area contributed by atoms with Crippen LogP contribution in [0, 0.1) is 0 Å². The molecular weight excluding hydrogens is 248 g/mol. The summed E-state index contributed by atoms with van der Waals surface area (Å²) in [6.45, 7) is 2.14. The van der Waals surface area contributed by atoms with Crippen molar-refractivity contribution >= 4 is 12.0 Å².